The minimum Gasteiger partial charge on any atom is -0.497 e. The molecule has 1 N–H and O–H groups in total. The van der Waals surface area contributed by atoms with Gasteiger partial charge in [-0.25, -0.2) is 14.8 Å². The van der Waals surface area contributed by atoms with Crippen molar-refractivity contribution in [2.75, 3.05) is 13.7 Å². The largest absolute Gasteiger partial charge is 0.497 e. The molecule has 2 bridgehead atoms. The lowest BCUT2D eigenvalue weighted by Crippen LogP contribution is -2.57. The van der Waals surface area contributed by atoms with Crippen molar-refractivity contribution in [3.8, 4) is 11.6 Å². The summed E-state index contributed by atoms with van der Waals surface area (Å²) < 4.78 is 51.4. The number of halogens is 2. The van der Waals surface area contributed by atoms with Crippen molar-refractivity contribution in [2.45, 2.75) is 116 Å². The number of methoxy groups -OCH3 is 1. The van der Waals surface area contributed by atoms with Crippen molar-refractivity contribution in [2.24, 2.45) is 22.7 Å². The fourth-order valence-corrected chi connectivity index (χ4v) is 7.92. The number of ether oxygens (including phenoxy) is 3. The monoisotopic (exact) mass is 656 g/mol. The molecule has 0 unspecified atom stereocenters. The average molecular weight is 657 g/mol. The van der Waals surface area contributed by atoms with E-state index in [2.05, 4.69) is 15.3 Å². The number of alkyl carbamates (subject to hydrolysis) is 1. The number of aromatic nitrogens is 2. The Bertz CT molecular complexity index is 1560. The Morgan fingerprint density at radius 3 is 2.40 bits per heavy atom. The molecule has 1 spiro atoms. The third kappa shape index (κ3) is 5.90. The number of carbonyl (C=O) groups excluding carboxylic acids is 3. The Labute approximate surface area is 274 Å². The highest BCUT2D eigenvalue weighted by Crippen LogP contribution is 2.65. The van der Waals surface area contributed by atoms with E-state index in [9.17, 15) is 14.4 Å². The Morgan fingerprint density at radius 2 is 1.77 bits per heavy atom. The summed E-state index contributed by atoms with van der Waals surface area (Å²) in [4.78, 5) is 50.5. The summed E-state index contributed by atoms with van der Waals surface area (Å²) in [6.45, 7) is 9.05. The van der Waals surface area contributed by atoms with Gasteiger partial charge in [0.25, 0.3) is 0 Å². The highest BCUT2D eigenvalue weighted by molar-refractivity contribution is 5.89. The van der Waals surface area contributed by atoms with E-state index < -0.39 is 64.2 Å². The van der Waals surface area contributed by atoms with Crippen LogP contribution in [0.3, 0.4) is 0 Å². The van der Waals surface area contributed by atoms with Crippen LogP contribution >= 0.6 is 0 Å². The molecule has 2 saturated carbocycles. The minimum atomic E-state index is -3.36. The van der Waals surface area contributed by atoms with E-state index in [0.717, 1.165) is 12.8 Å². The lowest BCUT2D eigenvalue weighted by atomic mass is 9.83. The van der Waals surface area contributed by atoms with Gasteiger partial charge in [0, 0.05) is 17.4 Å². The number of nitrogens with zero attached hydrogens (tertiary/aromatic N) is 3. The molecule has 47 heavy (non-hydrogen) atoms. The van der Waals surface area contributed by atoms with Crippen LogP contribution in [0, 0.1) is 22.7 Å². The Morgan fingerprint density at radius 1 is 1.06 bits per heavy atom. The molecule has 2 aliphatic heterocycles. The minimum absolute atomic E-state index is 0.00527. The third-order valence-electron chi connectivity index (χ3n) is 11.2. The number of amides is 2. The standard InChI is InChI=1S/C35H46F2N4O6/c1-20-25(19-42)41-18-26(20)46-29-27(38-23-12-11-22(45-6)17-24(23)39-29)35(36,37)34(15-16-34)14-8-10-21-9-7-13-33(21,5)47-31(44)40-28(30(41)43)32(2,3)4/h11-12,17,19-21,25-26,28H,7-10,13-16,18H2,1-6H3,(H,40,44)/t20-,21-,25+,26-,28+,33+/m0/s1. The zero-order valence-electron chi connectivity index (χ0n) is 28.1. The lowest BCUT2D eigenvalue weighted by molar-refractivity contribution is -0.139. The van der Waals surface area contributed by atoms with Crippen LogP contribution in [-0.2, 0) is 20.2 Å². The van der Waals surface area contributed by atoms with Gasteiger partial charge in [0.15, 0.2) is 5.69 Å². The second-order valence-corrected chi connectivity index (χ2v) is 15.3. The zero-order chi connectivity index (χ0) is 33.9. The van der Waals surface area contributed by atoms with E-state index >= 15 is 8.78 Å². The van der Waals surface area contributed by atoms with Crippen LogP contribution in [0.25, 0.3) is 11.0 Å². The van der Waals surface area contributed by atoms with Crippen LogP contribution in [0.4, 0.5) is 13.6 Å². The summed E-state index contributed by atoms with van der Waals surface area (Å²) >= 11 is 0. The Hall–Kier alpha value is -3.57. The summed E-state index contributed by atoms with van der Waals surface area (Å²) in [6.07, 6.45) is 3.57. The number of fused-ring (bicyclic) bond motifs is 5. The van der Waals surface area contributed by atoms with E-state index in [1.165, 1.54) is 12.0 Å². The molecule has 1 saturated heterocycles. The normalized spacial score (nSPS) is 32.3. The molecule has 2 amide bonds. The molecule has 6 rings (SSSR count). The van der Waals surface area contributed by atoms with Gasteiger partial charge in [-0.1, -0.05) is 34.1 Å². The van der Waals surface area contributed by atoms with Crippen LogP contribution in [0.5, 0.6) is 11.6 Å². The Balaban J connectivity index is 1.45. The fourth-order valence-electron chi connectivity index (χ4n) is 7.92. The molecule has 12 heteroatoms. The maximum atomic E-state index is 16.9. The quantitative estimate of drug-likeness (QED) is 0.381. The smallest absolute Gasteiger partial charge is 0.408 e. The van der Waals surface area contributed by atoms with E-state index in [1.54, 1.807) is 25.1 Å². The van der Waals surface area contributed by atoms with Crippen LogP contribution in [-0.4, -0.2) is 70.6 Å². The van der Waals surface area contributed by atoms with Gasteiger partial charge in [-0.2, -0.15) is 8.78 Å². The fraction of sp³-hybridized carbons (Fsp3) is 0.686. The van der Waals surface area contributed by atoms with E-state index in [-0.39, 0.29) is 30.3 Å². The number of hydrogen-bond acceptors (Lipinski definition) is 8. The first-order valence-corrected chi connectivity index (χ1v) is 16.8. The topological polar surface area (TPSA) is 120 Å². The molecule has 3 heterocycles. The van der Waals surface area contributed by atoms with E-state index in [1.807, 2.05) is 27.7 Å². The third-order valence-corrected chi connectivity index (χ3v) is 11.2. The number of benzene rings is 1. The molecule has 0 radical (unpaired) electrons. The van der Waals surface area contributed by atoms with Gasteiger partial charge in [-0.05, 0) is 75.3 Å². The van der Waals surface area contributed by atoms with Gasteiger partial charge in [-0.15, -0.1) is 0 Å². The second-order valence-electron chi connectivity index (χ2n) is 15.3. The first-order chi connectivity index (χ1) is 22.1. The first-order valence-electron chi connectivity index (χ1n) is 16.8. The summed E-state index contributed by atoms with van der Waals surface area (Å²) in [5.41, 5.74) is -2.73. The number of nitrogens with one attached hydrogen (secondary N) is 1. The van der Waals surface area contributed by atoms with Gasteiger partial charge in [0.1, 0.15) is 29.8 Å². The summed E-state index contributed by atoms with van der Waals surface area (Å²) in [5, 5.41) is 2.83. The van der Waals surface area contributed by atoms with Crippen molar-refractivity contribution in [3.05, 3.63) is 23.9 Å². The zero-order valence-corrected chi connectivity index (χ0v) is 28.1. The lowest BCUT2D eigenvalue weighted by Gasteiger charge is -2.37. The van der Waals surface area contributed by atoms with Gasteiger partial charge >= 0.3 is 12.0 Å². The molecule has 6 atom stereocenters. The predicted octanol–water partition coefficient (Wildman–Crippen LogP) is 6.19. The highest BCUT2D eigenvalue weighted by Gasteiger charge is 2.64. The number of carbonyl (C=O) groups is 3. The van der Waals surface area contributed by atoms with Crippen molar-refractivity contribution in [3.63, 3.8) is 0 Å². The number of alkyl halides is 2. The first kappa shape index (κ1) is 33.3. The van der Waals surface area contributed by atoms with Crippen LogP contribution in [0.1, 0.15) is 91.7 Å². The molecule has 4 aliphatic rings. The predicted molar refractivity (Wildman–Crippen MR) is 169 cm³/mol. The number of hydrogen-bond donors (Lipinski definition) is 1. The number of rotatable bonds is 2. The van der Waals surface area contributed by atoms with E-state index in [0.29, 0.717) is 49.7 Å². The van der Waals surface area contributed by atoms with Crippen molar-refractivity contribution < 1.29 is 37.4 Å². The summed E-state index contributed by atoms with van der Waals surface area (Å²) in [7, 11) is 1.50. The Kier molecular flexibility index (Phi) is 8.40. The van der Waals surface area contributed by atoms with Gasteiger partial charge in [-0.3, -0.25) is 4.79 Å². The molecule has 2 aromatic rings. The van der Waals surface area contributed by atoms with Gasteiger partial charge in [0.05, 0.1) is 30.7 Å². The molecule has 3 fully saturated rings. The van der Waals surface area contributed by atoms with Gasteiger partial charge < -0.3 is 29.2 Å². The van der Waals surface area contributed by atoms with Gasteiger partial charge in [0.2, 0.25) is 11.8 Å². The maximum absolute atomic E-state index is 16.9. The van der Waals surface area contributed by atoms with Crippen LogP contribution in [0.2, 0.25) is 0 Å². The second kappa shape index (κ2) is 11.8. The maximum Gasteiger partial charge on any atom is 0.408 e. The van der Waals surface area contributed by atoms with Crippen LogP contribution in [0.15, 0.2) is 18.2 Å². The molecular weight excluding hydrogens is 610 g/mol. The summed E-state index contributed by atoms with van der Waals surface area (Å²) in [5.74, 6) is -4.23. The molecule has 256 valence electrons. The highest BCUT2D eigenvalue weighted by atomic mass is 19.3. The molecule has 2 aliphatic carbocycles. The van der Waals surface area contributed by atoms with Crippen molar-refractivity contribution >= 4 is 29.3 Å². The van der Waals surface area contributed by atoms with Crippen LogP contribution < -0.4 is 14.8 Å². The summed E-state index contributed by atoms with van der Waals surface area (Å²) in [6, 6.07) is 2.93. The van der Waals surface area contributed by atoms with Crippen molar-refractivity contribution in [1.82, 2.24) is 20.2 Å². The SMILES string of the molecule is COc1ccc2nc3c(nc2c1)O[C@H]1CN(C(=O)[C@H](C(C)(C)C)NC(=O)O[C@]2(C)CCC[C@H]2CCCC2(CC2)C3(F)F)[C@H](C=O)[C@@H]1C. The molecular formula is C35H46F2N4O6. The molecule has 10 nitrogen and oxygen atoms in total. The average Bonchev–Trinajstić information content (AvgIpc) is 3.64. The van der Waals surface area contributed by atoms with Crippen molar-refractivity contribution in [1.29, 1.82) is 0 Å². The molecule has 1 aromatic heterocycles. The van der Waals surface area contributed by atoms with E-state index in [4.69, 9.17) is 14.2 Å². The molecule has 1 aromatic carbocycles. The number of aldehydes is 1.